The fraction of sp³-hybridized carbons (Fsp3) is 0.111. The number of benzene rings is 1. The minimum atomic E-state index is -0.981. The van der Waals surface area contributed by atoms with E-state index in [9.17, 15) is 9.90 Å². The Morgan fingerprint density at radius 1 is 1.04 bits per heavy atom. The molecule has 0 atom stereocenters. The molecule has 4 rings (SSSR count). The Morgan fingerprint density at radius 3 is 2.67 bits per heavy atom. The van der Waals surface area contributed by atoms with Crippen molar-refractivity contribution < 1.29 is 9.90 Å². The topological polar surface area (TPSA) is 79.2 Å². The second-order valence-electron chi connectivity index (χ2n) is 5.57. The highest BCUT2D eigenvalue weighted by molar-refractivity contribution is 5.93. The quantitative estimate of drug-likeness (QED) is 0.800. The normalized spacial score (nSPS) is 12.9. The Balaban J connectivity index is 1.67. The molecular weight excluding hydrogens is 304 g/mol. The van der Waals surface area contributed by atoms with Crippen LogP contribution in [0.5, 0.6) is 0 Å². The highest BCUT2D eigenvalue weighted by atomic mass is 16.4. The Labute approximate surface area is 138 Å². The van der Waals surface area contributed by atoms with Gasteiger partial charge in [0.1, 0.15) is 11.4 Å². The molecule has 24 heavy (non-hydrogen) atoms. The number of hydrogen-bond donors (Lipinski definition) is 1. The molecule has 118 valence electrons. The van der Waals surface area contributed by atoms with Gasteiger partial charge in [0.2, 0.25) is 0 Å². The lowest BCUT2D eigenvalue weighted by Gasteiger charge is -2.17. The summed E-state index contributed by atoms with van der Waals surface area (Å²) < 4.78 is 0. The minimum Gasteiger partial charge on any atom is -0.478 e. The highest BCUT2D eigenvalue weighted by Crippen LogP contribution is 2.29. The number of fused-ring (bicyclic) bond motifs is 1. The molecule has 0 saturated heterocycles. The maximum Gasteiger partial charge on any atom is 0.339 e. The van der Waals surface area contributed by atoms with E-state index in [4.69, 9.17) is 0 Å². The molecule has 1 aliphatic heterocycles. The number of rotatable bonds is 3. The lowest BCUT2D eigenvalue weighted by Crippen LogP contribution is -2.19. The van der Waals surface area contributed by atoms with Gasteiger partial charge in [-0.05, 0) is 12.1 Å². The Bertz CT molecular complexity index is 912. The summed E-state index contributed by atoms with van der Waals surface area (Å²) in [6.07, 6.45) is 3.42. The van der Waals surface area contributed by atoms with Gasteiger partial charge in [-0.2, -0.15) is 0 Å². The van der Waals surface area contributed by atoms with Gasteiger partial charge in [-0.25, -0.2) is 19.7 Å². The van der Waals surface area contributed by atoms with Crippen molar-refractivity contribution in [3.8, 4) is 11.4 Å². The van der Waals surface area contributed by atoms with Gasteiger partial charge in [-0.15, -0.1) is 0 Å². The van der Waals surface area contributed by atoms with Crippen molar-refractivity contribution in [2.75, 3.05) is 4.90 Å². The number of carbonyl (C=O) groups is 1. The first-order valence-electron chi connectivity index (χ1n) is 7.56. The summed E-state index contributed by atoms with van der Waals surface area (Å²) in [7, 11) is 0. The molecule has 0 unspecified atom stereocenters. The fourth-order valence-electron chi connectivity index (χ4n) is 2.85. The Hall–Kier alpha value is -3.28. The molecule has 3 aromatic rings. The van der Waals surface area contributed by atoms with Crippen molar-refractivity contribution in [2.45, 2.75) is 13.1 Å². The molecule has 0 fully saturated rings. The average Bonchev–Trinajstić information content (AvgIpc) is 3.05. The van der Waals surface area contributed by atoms with Crippen molar-refractivity contribution in [2.24, 2.45) is 0 Å². The van der Waals surface area contributed by atoms with Crippen LogP contribution >= 0.6 is 0 Å². The van der Waals surface area contributed by atoms with E-state index in [0.717, 1.165) is 16.8 Å². The zero-order chi connectivity index (χ0) is 16.5. The molecule has 6 heteroatoms. The van der Waals surface area contributed by atoms with E-state index in [-0.39, 0.29) is 5.56 Å². The summed E-state index contributed by atoms with van der Waals surface area (Å²) in [6, 6.07) is 13.0. The Morgan fingerprint density at radius 2 is 1.88 bits per heavy atom. The number of aromatic nitrogens is 3. The number of hydrogen-bond acceptors (Lipinski definition) is 5. The maximum absolute atomic E-state index is 11.4. The Kier molecular flexibility index (Phi) is 3.42. The van der Waals surface area contributed by atoms with Crippen LogP contribution in [0.25, 0.3) is 11.4 Å². The number of aromatic carboxylic acids is 1. The molecule has 0 saturated carbocycles. The zero-order valence-electron chi connectivity index (χ0n) is 12.8. The monoisotopic (exact) mass is 318 g/mol. The van der Waals surface area contributed by atoms with Gasteiger partial charge in [0.05, 0.1) is 12.2 Å². The summed E-state index contributed by atoms with van der Waals surface area (Å²) in [5.74, 6) is 0.157. The molecule has 2 aromatic heterocycles. The van der Waals surface area contributed by atoms with Crippen molar-refractivity contribution in [1.29, 1.82) is 0 Å². The molecule has 3 heterocycles. The molecule has 1 N–H and O–H groups in total. The van der Waals surface area contributed by atoms with Crippen LogP contribution in [-0.4, -0.2) is 26.0 Å². The highest BCUT2D eigenvalue weighted by Gasteiger charge is 2.26. The summed E-state index contributed by atoms with van der Waals surface area (Å²) in [5.41, 5.74) is 3.06. The van der Waals surface area contributed by atoms with Crippen LogP contribution in [0.2, 0.25) is 0 Å². The van der Waals surface area contributed by atoms with Gasteiger partial charge < -0.3 is 10.0 Å². The second-order valence-corrected chi connectivity index (χ2v) is 5.57. The van der Waals surface area contributed by atoms with Crippen molar-refractivity contribution in [3.63, 3.8) is 0 Å². The minimum absolute atomic E-state index is 0.196. The predicted octanol–water partition coefficient (Wildman–Crippen LogP) is 2.76. The van der Waals surface area contributed by atoms with E-state index in [1.165, 1.54) is 0 Å². The van der Waals surface area contributed by atoms with Crippen LogP contribution in [0.3, 0.4) is 0 Å². The number of carboxylic acids is 1. The average molecular weight is 318 g/mol. The standard InChI is InChI=1S/C18H14N4O2/c23-18(24)14-7-4-8-19-17(14)22-10-13-9-20-16(21-15(13)11-22)12-5-2-1-3-6-12/h1-9H,10-11H2,(H,23,24). The molecule has 0 spiro atoms. The summed E-state index contributed by atoms with van der Waals surface area (Å²) >= 11 is 0. The first-order valence-corrected chi connectivity index (χ1v) is 7.56. The van der Waals surface area contributed by atoms with Gasteiger partial charge in [-0.1, -0.05) is 30.3 Å². The lowest BCUT2D eigenvalue weighted by molar-refractivity contribution is 0.0697. The molecule has 6 nitrogen and oxygen atoms in total. The fourth-order valence-corrected chi connectivity index (χ4v) is 2.85. The summed E-state index contributed by atoms with van der Waals surface area (Å²) in [6.45, 7) is 1.08. The molecule has 0 bridgehead atoms. The van der Waals surface area contributed by atoms with E-state index in [0.29, 0.717) is 24.7 Å². The van der Waals surface area contributed by atoms with Gasteiger partial charge in [-0.3, -0.25) is 0 Å². The van der Waals surface area contributed by atoms with E-state index in [2.05, 4.69) is 15.0 Å². The van der Waals surface area contributed by atoms with Gasteiger partial charge in [0.15, 0.2) is 5.82 Å². The number of anilines is 1. The van der Waals surface area contributed by atoms with E-state index in [1.807, 2.05) is 41.4 Å². The third-order valence-corrected chi connectivity index (χ3v) is 4.00. The predicted molar refractivity (Wildman–Crippen MR) is 88.6 cm³/mol. The van der Waals surface area contributed by atoms with Crippen molar-refractivity contribution >= 4 is 11.8 Å². The number of pyridine rings is 1. The zero-order valence-corrected chi connectivity index (χ0v) is 12.8. The van der Waals surface area contributed by atoms with E-state index < -0.39 is 5.97 Å². The van der Waals surface area contributed by atoms with Crippen LogP contribution in [0.1, 0.15) is 21.6 Å². The third-order valence-electron chi connectivity index (χ3n) is 4.00. The summed E-state index contributed by atoms with van der Waals surface area (Å²) in [4.78, 5) is 26.6. The van der Waals surface area contributed by atoms with Crippen molar-refractivity contribution in [1.82, 2.24) is 15.0 Å². The van der Waals surface area contributed by atoms with Crippen LogP contribution in [0.4, 0.5) is 5.82 Å². The van der Waals surface area contributed by atoms with Crippen LogP contribution < -0.4 is 4.90 Å². The largest absolute Gasteiger partial charge is 0.478 e. The molecule has 1 aliphatic rings. The van der Waals surface area contributed by atoms with Crippen LogP contribution in [0, 0.1) is 0 Å². The van der Waals surface area contributed by atoms with Gasteiger partial charge in [0, 0.05) is 30.1 Å². The van der Waals surface area contributed by atoms with Crippen LogP contribution in [0.15, 0.2) is 54.9 Å². The first-order chi connectivity index (χ1) is 11.7. The number of nitrogens with zero attached hydrogens (tertiary/aromatic N) is 4. The molecule has 0 aliphatic carbocycles. The second kappa shape index (κ2) is 5.73. The third kappa shape index (κ3) is 2.48. The summed E-state index contributed by atoms with van der Waals surface area (Å²) in [5, 5.41) is 9.34. The first kappa shape index (κ1) is 14.3. The SMILES string of the molecule is O=C(O)c1cccnc1N1Cc2cnc(-c3ccccc3)nc2C1. The molecular formula is C18H14N4O2. The van der Waals surface area contributed by atoms with E-state index in [1.54, 1.807) is 18.3 Å². The van der Waals surface area contributed by atoms with Crippen molar-refractivity contribution in [3.05, 3.63) is 71.7 Å². The molecule has 0 amide bonds. The van der Waals surface area contributed by atoms with Crippen LogP contribution in [-0.2, 0) is 13.1 Å². The smallest absolute Gasteiger partial charge is 0.339 e. The van der Waals surface area contributed by atoms with Gasteiger partial charge >= 0.3 is 5.97 Å². The molecule has 1 aromatic carbocycles. The van der Waals surface area contributed by atoms with E-state index >= 15 is 0 Å². The number of carboxylic acid groups (broad SMARTS) is 1. The maximum atomic E-state index is 11.4. The lowest BCUT2D eigenvalue weighted by atomic mass is 10.2. The molecule has 0 radical (unpaired) electrons. The van der Waals surface area contributed by atoms with Gasteiger partial charge in [0.25, 0.3) is 0 Å².